The van der Waals surface area contributed by atoms with Gasteiger partial charge in [-0.15, -0.1) is 0 Å². The zero-order chi connectivity index (χ0) is 27.0. The van der Waals surface area contributed by atoms with Gasteiger partial charge in [0.25, 0.3) is 0 Å². The number of esters is 1. The first kappa shape index (κ1) is 27.2. The molecular formula is C30H46O8. The highest BCUT2D eigenvalue weighted by Crippen LogP contribution is 2.70. The molecule has 0 aromatic heterocycles. The van der Waals surface area contributed by atoms with E-state index in [0.29, 0.717) is 31.8 Å². The van der Waals surface area contributed by atoms with Gasteiger partial charge >= 0.3 is 5.97 Å². The van der Waals surface area contributed by atoms with Crippen molar-refractivity contribution in [3.63, 3.8) is 0 Å². The summed E-state index contributed by atoms with van der Waals surface area (Å²) < 4.78 is 17.4. The van der Waals surface area contributed by atoms with E-state index in [0.717, 1.165) is 44.1 Å². The molecule has 6 rings (SSSR count). The molecule has 5 fully saturated rings. The summed E-state index contributed by atoms with van der Waals surface area (Å²) >= 11 is 0. The summed E-state index contributed by atoms with van der Waals surface area (Å²) in [5.41, 5.74) is -0.649. The third-order valence-electron chi connectivity index (χ3n) is 12.3. The Balaban J connectivity index is 1.14. The molecule has 8 nitrogen and oxygen atoms in total. The molecule has 4 saturated carbocycles. The number of ether oxygens (including phenoxy) is 3. The number of carbonyl (C=O) groups is 1. The molecule has 0 bridgehead atoms. The molecule has 0 radical (unpaired) electrons. The van der Waals surface area contributed by atoms with Crippen molar-refractivity contribution in [3.8, 4) is 0 Å². The first-order valence-electron chi connectivity index (χ1n) is 14.9. The molecule has 0 amide bonds. The summed E-state index contributed by atoms with van der Waals surface area (Å²) in [5.74, 6) is 0.524. The summed E-state index contributed by atoms with van der Waals surface area (Å²) in [7, 11) is 0. The van der Waals surface area contributed by atoms with Crippen LogP contribution in [0.25, 0.3) is 0 Å². The third-order valence-corrected chi connectivity index (χ3v) is 12.3. The summed E-state index contributed by atoms with van der Waals surface area (Å²) in [5, 5.41) is 44.2. The fraction of sp³-hybridized carbons (Fsp3) is 0.900. The lowest BCUT2D eigenvalue weighted by atomic mass is 9.42. The van der Waals surface area contributed by atoms with Crippen molar-refractivity contribution in [2.45, 2.75) is 121 Å². The molecule has 8 unspecified atom stereocenters. The molecular weight excluding hydrogens is 488 g/mol. The summed E-state index contributed by atoms with van der Waals surface area (Å²) in [4.78, 5) is 11.8. The van der Waals surface area contributed by atoms with Crippen LogP contribution in [0, 0.1) is 34.5 Å². The van der Waals surface area contributed by atoms with Crippen molar-refractivity contribution in [1.82, 2.24) is 0 Å². The van der Waals surface area contributed by atoms with E-state index >= 15 is 0 Å². The Labute approximate surface area is 225 Å². The van der Waals surface area contributed by atoms with E-state index < -0.39 is 35.4 Å². The van der Waals surface area contributed by atoms with E-state index in [9.17, 15) is 25.2 Å². The number of aliphatic hydroxyl groups is 4. The molecule has 4 aliphatic carbocycles. The lowest BCUT2D eigenvalue weighted by molar-refractivity contribution is -0.246. The van der Waals surface area contributed by atoms with E-state index in [1.807, 2.05) is 0 Å². The molecule has 214 valence electrons. The van der Waals surface area contributed by atoms with Gasteiger partial charge in [0.05, 0.1) is 42.7 Å². The van der Waals surface area contributed by atoms with Crippen LogP contribution >= 0.6 is 0 Å². The van der Waals surface area contributed by atoms with Gasteiger partial charge in [-0.3, -0.25) is 0 Å². The minimum Gasteiger partial charge on any atom is -0.458 e. The van der Waals surface area contributed by atoms with Crippen LogP contribution in [0.1, 0.15) is 78.6 Å². The molecule has 6 aliphatic rings. The average Bonchev–Trinajstić information content (AvgIpc) is 3.42. The van der Waals surface area contributed by atoms with Crippen LogP contribution in [0.4, 0.5) is 0 Å². The maximum Gasteiger partial charge on any atom is 0.331 e. The van der Waals surface area contributed by atoms with E-state index in [-0.39, 0.29) is 48.0 Å². The molecule has 8 heteroatoms. The van der Waals surface area contributed by atoms with Gasteiger partial charge in [-0.1, -0.05) is 13.8 Å². The van der Waals surface area contributed by atoms with Crippen LogP contribution in [0.15, 0.2) is 11.6 Å². The quantitative estimate of drug-likeness (QED) is 0.406. The Morgan fingerprint density at radius 2 is 1.82 bits per heavy atom. The first-order chi connectivity index (χ1) is 18.0. The van der Waals surface area contributed by atoms with Crippen molar-refractivity contribution in [2.75, 3.05) is 13.2 Å². The molecule has 2 aliphatic heterocycles. The molecule has 38 heavy (non-hydrogen) atoms. The average molecular weight is 535 g/mol. The largest absolute Gasteiger partial charge is 0.458 e. The molecule has 0 spiro atoms. The zero-order valence-electron chi connectivity index (χ0n) is 23.1. The second-order valence-electron chi connectivity index (χ2n) is 13.9. The second kappa shape index (κ2) is 9.52. The van der Waals surface area contributed by atoms with Crippen molar-refractivity contribution in [1.29, 1.82) is 0 Å². The van der Waals surface area contributed by atoms with Crippen molar-refractivity contribution in [2.24, 2.45) is 34.5 Å². The van der Waals surface area contributed by atoms with Gasteiger partial charge in [-0.25, -0.2) is 4.79 Å². The topological polar surface area (TPSA) is 126 Å². The normalized spacial score (nSPS) is 54.5. The number of hydrogen-bond donors (Lipinski definition) is 4. The zero-order valence-corrected chi connectivity index (χ0v) is 23.1. The minimum absolute atomic E-state index is 0.0334. The monoisotopic (exact) mass is 534 g/mol. The maximum absolute atomic E-state index is 12.4. The summed E-state index contributed by atoms with van der Waals surface area (Å²) in [6.07, 6.45) is 6.26. The molecule has 13 atom stereocenters. The Hall–Kier alpha value is -1.03. The number of fused-ring (bicyclic) bond motifs is 5. The molecule has 1 saturated heterocycles. The lowest BCUT2D eigenvalue weighted by Crippen LogP contribution is -2.67. The van der Waals surface area contributed by atoms with Crippen LogP contribution < -0.4 is 0 Å². The van der Waals surface area contributed by atoms with Crippen LogP contribution in [-0.2, 0) is 19.0 Å². The van der Waals surface area contributed by atoms with E-state index in [1.54, 1.807) is 13.0 Å². The third kappa shape index (κ3) is 3.96. The van der Waals surface area contributed by atoms with Gasteiger partial charge in [0.2, 0.25) is 0 Å². The predicted molar refractivity (Wildman–Crippen MR) is 138 cm³/mol. The Morgan fingerprint density at radius 3 is 2.53 bits per heavy atom. The highest BCUT2D eigenvalue weighted by Gasteiger charge is 2.70. The molecule has 0 aromatic carbocycles. The second-order valence-corrected chi connectivity index (χ2v) is 13.9. The summed E-state index contributed by atoms with van der Waals surface area (Å²) in [6.45, 7) is 6.92. The van der Waals surface area contributed by atoms with Crippen LogP contribution in [0.2, 0.25) is 0 Å². The van der Waals surface area contributed by atoms with Gasteiger partial charge in [0.1, 0.15) is 12.7 Å². The van der Waals surface area contributed by atoms with Gasteiger partial charge in [0.15, 0.2) is 0 Å². The smallest absolute Gasteiger partial charge is 0.331 e. The highest BCUT2D eigenvalue weighted by atomic mass is 16.6. The number of rotatable bonds is 4. The predicted octanol–water partition coefficient (Wildman–Crippen LogP) is 2.50. The van der Waals surface area contributed by atoms with Crippen molar-refractivity contribution >= 4 is 5.97 Å². The fourth-order valence-corrected chi connectivity index (χ4v) is 10.0. The number of aliphatic hydroxyl groups excluding tert-OH is 3. The minimum atomic E-state index is -0.950. The van der Waals surface area contributed by atoms with Crippen molar-refractivity contribution < 1.29 is 39.4 Å². The first-order valence-corrected chi connectivity index (χ1v) is 14.9. The number of hydrogen-bond acceptors (Lipinski definition) is 8. The Bertz CT molecular complexity index is 956. The fourth-order valence-electron chi connectivity index (χ4n) is 10.0. The summed E-state index contributed by atoms with van der Waals surface area (Å²) in [6, 6.07) is 0. The van der Waals surface area contributed by atoms with E-state index in [4.69, 9.17) is 14.2 Å². The van der Waals surface area contributed by atoms with E-state index in [2.05, 4.69) is 13.8 Å². The van der Waals surface area contributed by atoms with E-state index in [1.165, 1.54) is 0 Å². The number of cyclic esters (lactones) is 1. The highest BCUT2D eigenvalue weighted by molar-refractivity contribution is 5.85. The standard InChI is InChI=1S/C30H46O8/c1-16-27(34)24(31)12-20(38-16)15-36-19-6-8-28(2)18(11-19)4-5-22-23(28)13-25(32)29(3)21(7-9-30(22,29)35)17-10-26(33)37-14-17/h10,16,18-25,27,31-32,34-35H,4-9,11-15H2,1-3H3/t16?,18?,19-,20?,21?,22?,23?,24?,25+,27?,28-,29-,30-/m1/s1. The molecule has 4 N–H and O–H groups in total. The number of carbonyl (C=O) groups excluding carboxylic acids is 1. The van der Waals surface area contributed by atoms with Crippen molar-refractivity contribution in [3.05, 3.63) is 11.6 Å². The molecule has 0 aromatic rings. The maximum atomic E-state index is 12.4. The Kier molecular flexibility index (Phi) is 6.80. The van der Waals surface area contributed by atoms with Gasteiger partial charge in [-0.05, 0) is 93.0 Å². The van der Waals surface area contributed by atoms with Gasteiger partial charge in [-0.2, -0.15) is 0 Å². The SMILES string of the molecule is CC1OC(CO[C@@H]2CC[C@]3(C)C(CCC4C3C[C@H](O)[C@@]3(C)C(C5=CC(=O)OC5)CC[C@@]43O)C2)CC(O)C1O. The van der Waals surface area contributed by atoms with Crippen LogP contribution in [0.3, 0.4) is 0 Å². The Morgan fingerprint density at radius 1 is 1.03 bits per heavy atom. The molecule has 2 heterocycles. The van der Waals surface area contributed by atoms with Crippen LogP contribution in [-0.4, -0.2) is 81.8 Å². The van der Waals surface area contributed by atoms with Crippen LogP contribution in [0.5, 0.6) is 0 Å². The van der Waals surface area contributed by atoms with Gasteiger partial charge in [0, 0.05) is 17.9 Å². The van der Waals surface area contributed by atoms with Gasteiger partial charge < -0.3 is 34.6 Å². The lowest BCUT2D eigenvalue weighted by Gasteiger charge is -2.65.